The van der Waals surface area contributed by atoms with Gasteiger partial charge in [0.25, 0.3) is 5.56 Å². The first-order valence-electron chi connectivity index (χ1n) is 8.17. The maximum absolute atomic E-state index is 12.8. The van der Waals surface area contributed by atoms with E-state index in [2.05, 4.69) is 4.90 Å². The number of rotatable bonds is 2. The van der Waals surface area contributed by atoms with Crippen LogP contribution in [0.4, 0.5) is 5.95 Å². The lowest BCUT2D eigenvalue weighted by molar-refractivity contribution is 0.101. The van der Waals surface area contributed by atoms with E-state index >= 15 is 0 Å². The second-order valence-corrected chi connectivity index (χ2v) is 7.21. The molecule has 2 aliphatic rings. The van der Waals surface area contributed by atoms with Crippen LogP contribution in [0.15, 0.2) is 16.9 Å². The fourth-order valence-electron chi connectivity index (χ4n) is 3.75. The zero-order valence-corrected chi connectivity index (χ0v) is 13.8. The molecule has 2 heterocycles. The van der Waals surface area contributed by atoms with Crippen molar-refractivity contribution in [2.75, 3.05) is 18.0 Å². The maximum Gasteiger partial charge on any atom is 0.262 e. The fourth-order valence-corrected chi connectivity index (χ4v) is 3.75. The number of benzene rings is 1. The number of hydrogen-bond donors (Lipinski definition) is 0. The molecule has 2 aromatic rings. The van der Waals surface area contributed by atoms with Crippen molar-refractivity contribution in [3.8, 4) is 0 Å². The predicted molar refractivity (Wildman–Crippen MR) is 90.2 cm³/mol. The standard InChI is InChI=1S/C18H21N3O2/c1-11-8-13(12(2)22)15-14(9-11)16(23)20(3)17(19-15)21-7-6-18(10-21)4-5-18/h8-9H,4-7,10H2,1-3H3. The Morgan fingerprint density at radius 2 is 2.00 bits per heavy atom. The van der Waals surface area contributed by atoms with Gasteiger partial charge < -0.3 is 4.90 Å². The molecular weight excluding hydrogens is 290 g/mol. The quantitative estimate of drug-likeness (QED) is 0.799. The minimum atomic E-state index is -0.0760. The predicted octanol–water partition coefficient (Wildman–Crippen LogP) is 2.43. The summed E-state index contributed by atoms with van der Waals surface area (Å²) in [6.07, 6.45) is 3.74. The largest absolute Gasteiger partial charge is 0.342 e. The average molecular weight is 311 g/mol. The molecular formula is C18H21N3O2. The molecule has 1 saturated carbocycles. The Hall–Kier alpha value is -2.17. The molecule has 0 amide bonds. The topological polar surface area (TPSA) is 55.2 Å². The van der Waals surface area contributed by atoms with Crippen LogP contribution in [0.5, 0.6) is 0 Å². The van der Waals surface area contributed by atoms with Gasteiger partial charge in [-0.2, -0.15) is 0 Å². The van der Waals surface area contributed by atoms with Gasteiger partial charge in [0, 0.05) is 25.7 Å². The maximum atomic E-state index is 12.8. The summed E-state index contributed by atoms with van der Waals surface area (Å²) in [4.78, 5) is 31.7. The number of anilines is 1. The van der Waals surface area contributed by atoms with Crippen molar-refractivity contribution in [3.05, 3.63) is 33.6 Å². The van der Waals surface area contributed by atoms with E-state index in [0.717, 1.165) is 18.7 Å². The summed E-state index contributed by atoms with van der Waals surface area (Å²) < 4.78 is 1.63. The third kappa shape index (κ3) is 2.18. The third-order valence-electron chi connectivity index (χ3n) is 5.36. The Labute approximate surface area is 134 Å². The van der Waals surface area contributed by atoms with Gasteiger partial charge in [-0.05, 0) is 56.2 Å². The van der Waals surface area contributed by atoms with E-state index in [4.69, 9.17) is 4.98 Å². The van der Waals surface area contributed by atoms with Crippen LogP contribution in [0.25, 0.3) is 10.9 Å². The first-order chi connectivity index (χ1) is 10.9. The van der Waals surface area contributed by atoms with Crippen LogP contribution in [-0.2, 0) is 7.05 Å². The molecule has 1 aromatic heterocycles. The van der Waals surface area contributed by atoms with Crippen LogP contribution >= 0.6 is 0 Å². The number of hydrogen-bond acceptors (Lipinski definition) is 4. The monoisotopic (exact) mass is 311 g/mol. The lowest BCUT2D eigenvalue weighted by Gasteiger charge is -2.21. The summed E-state index contributed by atoms with van der Waals surface area (Å²) in [5.74, 6) is 0.642. The molecule has 120 valence electrons. The van der Waals surface area contributed by atoms with Gasteiger partial charge in [0.15, 0.2) is 5.78 Å². The smallest absolute Gasteiger partial charge is 0.262 e. The van der Waals surface area contributed by atoms with E-state index in [1.807, 2.05) is 19.1 Å². The molecule has 0 unspecified atom stereocenters. The summed E-state index contributed by atoms with van der Waals surface area (Å²) in [5, 5.41) is 0.529. The van der Waals surface area contributed by atoms with E-state index in [-0.39, 0.29) is 11.3 Å². The summed E-state index contributed by atoms with van der Waals surface area (Å²) in [5.41, 5.74) is 2.38. The Kier molecular flexibility index (Phi) is 2.92. The van der Waals surface area contributed by atoms with E-state index in [0.29, 0.717) is 27.8 Å². The Morgan fingerprint density at radius 3 is 2.61 bits per heavy atom. The first-order valence-corrected chi connectivity index (χ1v) is 8.17. The summed E-state index contributed by atoms with van der Waals surface area (Å²) in [6, 6.07) is 3.65. The number of carbonyl (C=O) groups is 1. The number of aromatic nitrogens is 2. The van der Waals surface area contributed by atoms with Crippen LogP contribution < -0.4 is 10.5 Å². The molecule has 0 N–H and O–H groups in total. The van der Waals surface area contributed by atoms with Gasteiger partial charge in [0.2, 0.25) is 5.95 Å². The van der Waals surface area contributed by atoms with Gasteiger partial charge in [-0.3, -0.25) is 14.2 Å². The second-order valence-electron chi connectivity index (χ2n) is 7.21. The molecule has 1 spiro atoms. The molecule has 0 atom stereocenters. The molecule has 5 heteroatoms. The zero-order valence-electron chi connectivity index (χ0n) is 13.8. The van der Waals surface area contributed by atoms with Crippen LogP contribution in [0.3, 0.4) is 0 Å². The van der Waals surface area contributed by atoms with E-state index in [1.54, 1.807) is 11.6 Å². The highest BCUT2D eigenvalue weighted by Crippen LogP contribution is 2.53. The fraction of sp³-hybridized carbons (Fsp3) is 0.500. The van der Waals surface area contributed by atoms with Gasteiger partial charge >= 0.3 is 0 Å². The van der Waals surface area contributed by atoms with Crippen molar-refractivity contribution in [1.82, 2.24) is 9.55 Å². The summed E-state index contributed by atoms with van der Waals surface area (Å²) in [6.45, 7) is 5.34. The van der Waals surface area contributed by atoms with E-state index < -0.39 is 0 Å². The number of Topliss-reactive ketones (excluding diaryl/α,β-unsaturated/α-hetero) is 1. The van der Waals surface area contributed by atoms with Crippen molar-refractivity contribution in [1.29, 1.82) is 0 Å². The van der Waals surface area contributed by atoms with Gasteiger partial charge in [-0.1, -0.05) is 0 Å². The van der Waals surface area contributed by atoms with Crippen LogP contribution in [0.2, 0.25) is 0 Å². The molecule has 0 radical (unpaired) electrons. The van der Waals surface area contributed by atoms with Crippen LogP contribution in [0, 0.1) is 12.3 Å². The highest BCUT2D eigenvalue weighted by Gasteiger charge is 2.48. The Balaban J connectivity index is 1.94. The zero-order chi connectivity index (χ0) is 16.4. The first kappa shape index (κ1) is 14.4. The molecule has 23 heavy (non-hydrogen) atoms. The third-order valence-corrected chi connectivity index (χ3v) is 5.36. The summed E-state index contributed by atoms with van der Waals surface area (Å²) >= 11 is 0. The molecule has 1 aliphatic carbocycles. The molecule has 2 fully saturated rings. The van der Waals surface area contributed by atoms with Crippen molar-refractivity contribution in [2.45, 2.75) is 33.1 Å². The lowest BCUT2D eigenvalue weighted by atomic mass is 10.0. The van der Waals surface area contributed by atoms with Gasteiger partial charge in [0.05, 0.1) is 10.9 Å². The average Bonchev–Trinajstić information content (AvgIpc) is 3.13. The lowest BCUT2D eigenvalue weighted by Crippen LogP contribution is -2.30. The Morgan fingerprint density at radius 1 is 1.26 bits per heavy atom. The minimum absolute atomic E-state index is 0.0505. The minimum Gasteiger partial charge on any atom is -0.342 e. The number of nitrogens with zero attached hydrogens (tertiary/aromatic N) is 3. The number of aryl methyl sites for hydroxylation is 1. The normalized spacial score (nSPS) is 18.8. The van der Waals surface area contributed by atoms with Crippen molar-refractivity contribution >= 4 is 22.6 Å². The molecule has 5 nitrogen and oxygen atoms in total. The molecule has 1 saturated heterocycles. The van der Waals surface area contributed by atoms with Gasteiger partial charge in [0.1, 0.15) is 0 Å². The van der Waals surface area contributed by atoms with Gasteiger partial charge in [-0.25, -0.2) is 4.98 Å². The highest BCUT2D eigenvalue weighted by molar-refractivity contribution is 6.05. The van der Waals surface area contributed by atoms with Crippen molar-refractivity contribution in [3.63, 3.8) is 0 Å². The van der Waals surface area contributed by atoms with E-state index in [9.17, 15) is 9.59 Å². The van der Waals surface area contributed by atoms with Gasteiger partial charge in [-0.15, -0.1) is 0 Å². The van der Waals surface area contributed by atoms with Crippen molar-refractivity contribution in [2.24, 2.45) is 12.5 Å². The molecule has 0 bridgehead atoms. The van der Waals surface area contributed by atoms with Crippen LogP contribution in [-0.4, -0.2) is 28.4 Å². The Bertz CT molecular complexity index is 893. The number of fused-ring (bicyclic) bond motifs is 1. The summed E-state index contributed by atoms with van der Waals surface area (Å²) in [7, 11) is 1.78. The van der Waals surface area contributed by atoms with Crippen molar-refractivity contribution < 1.29 is 4.79 Å². The number of ketones is 1. The number of carbonyl (C=O) groups excluding carboxylic acids is 1. The molecule has 4 rings (SSSR count). The SMILES string of the molecule is CC(=O)c1cc(C)cc2c(=O)n(C)c(N3CCC4(CC4)C3)nc12. The van der Waals surface area contributed by atoms with Crippen LogP contribution in [0.1, 0.15) is 42.1 Å². The highest BCUT2D eigenvalue weighted by atomic mass is 16.1. The molecule has 1 aromatic carbocycles. The van der Waals surface area contributed by atoms with E-state index in [1.165, 1.54) is 26.2 Å². The second kappa shape index (κ2) is 4.66. The molecule has 1 aliphatic heterocycles.